The highest BCUT2D eigenvalue weighted by molar-refractivity contribution is 5.87. The number of piperidine rings is 1. The Labute approximate surface area is 230 Å². The van der Waals surface area contributed by atoms with Gasteiger partial charge in [-0.05, 0) is 75.8 Å². The van der Waals surface area contributed by atoms with Gasteiger partial charge in [-0.3, -0.25) is 4.79 Å². The summed E-state index contributed by atoms with van der Waals surface area (Å²) >= 11 is 0. The molecule has 9 nitrogen and oxygen atoms in total. The average molecular weight is 541 g/mol. The van der Waals surface area contributed by atoms with Gasteiger partial charge in [0.25, 0.3) is 0 Å². The van der Waals surface area contributed by atoms with E-state index in [0.717, 1.165) is 48.7 Å². The number of benzene rings is 1. The first-order valence-corrected chi connectivity index (χ1v) is 13.7. The molecule has 3 heterocycles. The van der Waals surface area contributed by atoms with Crippen molar-refractivity contribution >= 4 is 29.5 Å². The number of aromatic nitrogens is 2. The van der Waals surface area contributed by atoms with Crippen LogP contribution in [0.25, 0.3) is 0 Å². The third-order valence-electron chi connectivity index (χ3n) is 6.34. The fourth-order valence-electron chi connectivity index (χ4n) is 4.59. The van der Waals surface area contributed by atoms with Gasteiger partial charge in [-0.25, -0.2) is 14.2 Å². The highest BCUT2D eigenvalue weighted by Crippen LogP contribution is 2.26. The van der Waals surface area contributed by atoms with E-state index in [0.29, 0.717) is 26.2 Å². The van der Waals surface area contributed by atoms with Crippen LogP contribution in [0.1, 0.15) is 65.0 Å². The van der Waals surface area contributed by atoms with E-state index >= 15 is 0 Å². The second-order valence-corrected chi connectivity index (χ2v) is 10.5. The lowest BCUT2D eigenvalue weighted by Crippen LogP contribution is -2.44. The van der Waals surface area contributed by atoms with Crippen molar-refractivity contribution in [3.63, 3.8) is 0 Å². The number of anilines is 3. The number of nitrogens with one attached hydrogen (secondary N) is 2. The average Bonchev–Trinajstić information content (AvgIpc) is 3.13. The minimum absolute atomic E-state index is 0.0955. The first-order valence-electron chi connectivity index (χ1n) is 13.7. The number of nitrogens with zero attached hydrogens (tertiary/aromatic N) is 4. The van der Waals surface area contributed by atoms with Gasteiger partial charge in [-0.2, -0.15) is 4.98 Å². The van der Waals surface area contributed by atoms with E-state index in [-0.39, 0.29) is 29.8 Å². The Morgan fingerprint density at radius 2 is 1.90 bits per heavy atom. The monoisotopic (exact) mass is 540 g/mol. The predicted molar refractivity (Wildman–Crippen MR) is 151 cm³/mol. The van der Waals surface area contributed by atoms with Crippen LogP contribution in [0.3, 0.4) is 0 Å². The van der Waals surface area contributed by atoms with Crippen LogP contribution >= 0.6 is 0 Å². The van der Waals surface area contributed by atoms with E-state index in [9.17, 15) is 14.0 Å². The number of fused-ring (bicyclic) bond motifs is 1. The lowest BCUT2D eigenvalue weighted by atomic mass is 10.0. The predicted octanol–water partition coefficient (Wildman–Crippen LogP) is 5.66. The fourth-order valence-corrected chi connectivity index (χ4v) is 4.59. The van der Waals surface area contributed by atoms with E-state index in [1.54, 1.807) is 9.80 Å². The smallest absolute Gasteiger partial charge is 0.410 e. The summed E-state index contributed by atoms with van der Waals surface area (Å²) in [5, 5.41) is 6.30. The Morgan fingerprint density at radius 3 is 2.62 bits per heavy atom. The summed E-state index contributed by atoms with van der Waals surface area (Å²) < 4.78 is 20.1. The summed E-state index contributed by atoms with van der Waals surface area (Å²) in [6.07, 6.45) is 5.39. The van der Waals surface area contributed by atoms with Crippen LogP contribution in [-0.2, 0) is 22.5 Å². The van der Waals surface area contributed by atoms with E-state index in [1.165, 1.54) is 6.08 Å². The molecule has 0 saturated carbocycles. The molecule has 212 valence electrons. The molecule has 2 aliphatic rings. The molecular weight excluding hydrogens is 499 g/mol. The summed E-state index contributed by atoms with van der Waals surface area (Å²) in [5.41, 5.74) is 2.43. The Morgan fingerprint density at radius 1 is 1.15 bits per heavy atom. The maximum Gasteiger partial charge on any atom is 0.410 e. The largest absolute Gasteiger partial charge is 0.444 e. The number of halogens is 1. The minimum Gasteiger partial charge on any atom is -0.444 e. The van der Waals surface area contributed by atoms with Crippen LogP contribution in [0.2, 0.25) is 0 Å². The SMILES string of the molecule is C=CC(=O)N1CCCC(Nc2nc(Nc3ccc4c(c3)CCCN(C(=O)OC(C)(C)C)C4)ncc2F)C1.CC. The Balaban J connectivity index is 0.00000205. The molecule has 0 radical (unpaired) electrons. The van der Waals surface area contributed by atoms with E-state index < -0.39 is 11.4 Å². The molecule has 2 aliphatic heterocycles. The molecule has 0 spiro atoms. The molecule has 10 heteroatoms. The number of amides is 2. The van der Waals surface area contributed by atoms with Gasteiger partial charge in [-0.15, -0.1) is 0 Å². The summed E-state index contributed by atoms with van der Waals surface area (Å²) in [6.45, 7) is 15.4. The molecule has 1 unspecified atom stereocenters. The van der Waals surface area contributed by atoms with E-state index in [4.69, 9.17) is 4.74 Å². The molecule has 1 saturated heterocycles. The van der Waals surface area contributed by atoms with Crippen LogP contribution in [-0.4, -0.2) is 63.0 Å². The van der Waals surface area contributed by atoms with Crippen molar-refractivity contribution in [2.45, 2.75) is 78.5 Å². The maximum atomic E-state index is 14.5. The molecule has 39 heavy (non-hydrogen) atoms. The lowest BCUT2D eigenvalue weighted by Gasteiger charge is -2.32. The maximum absolute atomic E-state index is 14.5. The Kier molecular flexibility index (Phi) is 10.3. The zero-order chi connectivity index (χ0) is 28.6. The van der Waals surface area contributed by atoms with Gasteiger partial charge in [0.15, 0.2) is 11.6 Å². The van der Waals surface area contributed by atoms with Crippen molar-refractivity contribution in [3.8, 4) is 0 Å². The third-order valence-corrected chi connectivity index (χ3v) is 6.34. The van der Waals surface area contributed by atoms with Gasteiger partial charge in [-0.1, -0.05) is 26.5 Å². The van der Waals surface area contributed by atoms with Crippen LogP contribution < -0.4 is 10.6 Å². The fraction of sp³-hybridized carbons (Fsp3) is 0.517. The molecule has 0 bridgehead atoms. The van der Waals surface area contributed by atoms with Gasteiger partial charge in [0, 0.05) is 37.9 Å². The molecule has 4 rings (SSSR count). The first-order chi connectivity index (χ1) is 18.6. The highest BCUT2D eigenvalue weighted by Gasteiger charge is 2.25. The normalized spacial score (nSPS) is 17.1. The summed E-state index contributed by atoms with van der Waals surface area (Å²) in [4.78, 5) is 36.4. The highest BCUT2D eigenvalue weighted by atomic mass is 19.1. The number of ether oxygens (including phenoxy) is 1. The number of hydrogen-bond donors (Lipinski definition) is 2. The number of aryl methyl sites for hydroxylation is 1. The van der Waals surface area contributed by atoms with E-state index in [1.807, 2.05) is 52.8 Å². The Bertz CT molecular complexity index is 1170. The van der Waals surface area contributed by atoms with Crippen molar-refractivity contribution in [1.82, 2.24) is 19.8 Å². The van der Waals surface area contributed by atoms with Crippen LogP contribution in [0.5, 0.6) is 0 Å². The minimum atomic E-state index is -0.554. The summed E-state index contributed by atoms with van der Waals surface area (Å²) in [7, 11) is 0. The van der Waals surface area contributed by atoms with Gasteiger partial charge >= 0.3 is 6.09 Å². The van der Waals surface area contributed by atoms with Gasteiger partial charge < -0.3 is 25.2 Å². The number of carbonyl (C=O) groups excluding carboxylic acids is 2. The second kappa shape index (κ2) is 13.4. The lowest BCUT2D eigenvalue weighted by molar-refractivity contribution is -0.127. The van der Waals surface area contributed by atoms with Gasteiger partial charge in [0.1, 0.15) is 5.60 Å². The van der Waals surface area contributed by atoms with Crippen molar-refractivity contribution in [3.05, 3.63) is 54.0 Å². The van der Waals surface area contributed by atoms with Crippen molar-refractivity contribution in [2.75, 3.05) is 30.3 Å². The molecule has 2 aromatic rings. The summed E-state index contributed by atoms with van der Waals surface area (Å²) in [5.74, 6) is -0.322. The number of rotatable bonds is 5. The molecule has 2 N–H and O–H groups in total. The van der Waals surface area contributed by atoms with Crippen molar-refractivity contribution in [2.24, 2.45) is 0 Å². The molecule has 1 atom stereocenters. The van der Waals surface area contributed by atoms with Crippen molar-refractivity contribution in [1.29, 1.82) is 0 Å². The standard InChI is InChI=1S/C27H35FN6O3.C2H6/c1-5-23(35)33-12-7-9-21(17-33)30-24-22(28)15-29-25(32-24)31-20-11-10-19-16-34(13-6-8-18(19)14-20)26(36)37-27(2,3)4;1-2/h5,10-11,14-15,21H,1,6-9,12-13,16-17H2,2-4H3,(H2,29,30,31,32);1-2H3. The molecule has 1 fully saturated rings. The molecular formula is C29H41FN6O3. The molecule has 1 aromatic carbocycles. The van der Waals surface area contributed by atoms with Crippen molar-refractivity contribution < 1.29 is 18.7 Å². The first kappa shape index (κ1) is 29.9. The quantitative estimate of drug-likeness (QED) is 0.472. The molecule has 1 aromatic heterocycles. The van der Waals surface area contributed by atoms with Crippen LogP contribution in [0.15, 0.2) is 37.1 Å². The molecule has 2 amide bonds. The van der Waals surface area contributed by atoms with E-state index in [2.05, 4.69) is 27.2 Å². The van der Waals surface area contributed by atoms with Crippen LogP contribution in [0.4, 0.5) is 26.6 Å². The molecule has 0 aliphatic carbocycles. The topological polar surface area (TPSA) is 99.7 Å². The summed E-state index contributed by atoms with van der Waals surface area (Å²) in [6, 6.07) is 5.79. The zero-order valence-corrected chi connectivity index (χ0v) is 23.7. The number of likely N-dealkylation sites (tertiary alicyclic amines) is 1. The zero-order valence-electron chi connectivity index (χ0n) is 23.7. The third kappa shape index (κ3) is 8.40. The number of carbonyl (C=O) groups is 2. The second-order valence-electron chi connectivity index (χ2n) is 10.5. The van der Waals surface area contributed by atoms with Gasteiger partial charge in [0.2, 0.25) is 11.9 Å². The Hall–Kier alpha value is -3.69. The number of hydrogen-bond acceptors (Lipinski definition) is 7. The van der Waals surface area contributed by atoms with Gasteiger partial charge in [0.05, 0.1) is 6.20 Å². The van der Waals surface area contributed by atoms with Crippen LogP contribution in [0, 0.1) is 5.82 Å².